The van der Waals surface area contributed by atoms with Gasteiger partial charge in [-0.05, 0) is 65.0 Å². The minimum Gasteiger partial charge on any atom is -0.399 e. The van der Waals surface area contributed by atoms with E-state index in [1.54, 1.807) is 0 Å². The van der Waals surface area contributed by atoms with Crippen LogP contribution in [-0.4, -0.2) is 0 Å². The van der Waals surface area contributed by atoms with Crippen LogP contribution in [-0.2, 0) is 0 Å². The maximum absolute atomic E-state index is 6.27. The summed E-state index contributed by atoms with van der Waals surface area (Å²) in [4.78, 5) is 0. The van der Waals surface area contributed by atoms with E-state index in [1.807, 2.05) is 54.6 Å². The highest BCUT2D eigenvalue weighted by Crippen LogP contribution is 2.32. The van der Waals surface area contributed by atoms with Gasteiger partial charge in [0.1, 0.15) is 0 Å². The Labute approximate surface area is 152 Å². The number of hydrogen-bond acceptors (Lipinski definition) is 4. The molecule has 7 N–H and O–H groups in total. The minimum atomic E-state index is 0.715. The van der Waals surface area contributed by atoms with Gasteiger partial charge in [-0.15, -0.1) is 0 Å². The second-order valence-corrected chi connectivity index (χ2v) is 6.38. The van der Waals surface area contributed by atoms with E-state index >= 15 is 0 Å². The van der Waals surface area contributed by atoms with Crippen molar-refractivity contribution >= 4 is 39.2 Å². The lowest BCUT2D eigenvalue weighted by molar-refractivity contribution is 1.56. The van der Waals surface area contributed by atoms with Crippen LogP contribution >= 0.6 is 0 Å². The van der Waals surface area contributed by atoms with Crippen molar-refractivity contribution in [3.05, 3.63) is 78.9 Å². The van der Waals surface area contributed by atoms with Crippen LogP contribution in [0.1, 0.15) is 0 Å². The van der Waals surface area contributed by atoms with Crippen LogP contribution in [0, 0.1) is 0 Å². The predicted molar refractivity (Wildman–Crippen MR) is 112 cm³/mol. The van der Waals surface area contributed by atoms with E-state index in [0.717, 1.165) is 44.6 Å². The Morgan fingerprint density at radius 1 is 0.577 bits per heavy atom. The molecule has 0 aliphatic carbocycles. The molecule has 0 atom stereocenters. The highest BCUT2D eigenvalue weighted by Gasteiger charge is 2.06. The zero-order valence-electron chi connectivity index (χ0n) is 14.2. The van der Waals surface area contributed by atoms with Crippen molar-refractivity contribution in [3.8, 4) is 11.1 Å². The molecule has 4 nitrogen and oxygen atoms in total. The fraction of sp³-hybridized carbons (Fsp3) is 0. The van der Waals surface area contributed by atoms with Crippen molar-refractivity contribution in [2.24, 2.45) is 0 Å². The Morgan fingerprint density at radius 2 is 1.31 bits per heavy atom. The van der Waals surface area contributed by atoms with Gasteiger partial charge in [-0.3, -0.25) is 0 Å². The van der Waals surface area contributed by atoms with E-state index < -0.39 is 0 Å². The van der Waals surface area contributed by atoms with Crippen LogP contribution in [0.2, 0.25) is 0 Å². The molecule has 4 aromatic rings. The first-order valence-corrected chi connectivity index (χ1v) is 8.40. The molecule has 4 heteroatoms. The number of nitrogen functional groups attached to an aromatic ring is 3. The highest BCUT2D eigenvalue weighted by atomic mass is 14.9. The molecule has 26 heavy (non-hydrogen) atoms. The largest absolute Gasteiger partial charge is 0.399 e. The molecule has 4 aromatic carbocycles. The maximum Gasteiger partial charge on any atom is 0.0414 e. The summed E-state index contributed by atoms with van der Waals surface area (Å²) >= 11 is 0. The molecule has 0 fully saturated rings. The molecular weight excluding hydrogens is 320 g/mol. The third-order valence-electron chi connectivity index (χ3n) is 4.38. The summed E-state index contributed by atoms with van der Waals surface area (Å²) in [6.45, 7) is 0. The monoisotopic (exact) mass is 340 g/mol. The standard InChI is InChI=1S/C22H20N4/c23-17-4-1-3-14(10-17)15-7-8-21-16(9-15)11-20(13-22(21)25)26-19-6-2-5-18(24)12-19/h1-13,26H,23-25H2. The van der Waals surface area contributed by atoms with Gasteiger partial charge < -0.3 is 22.5 Å². The molecule has 0 saturated carbocycles. The van der Waals surface area contributed by atoms with Crippen molar-refractivity contribution in [3.63, 3.8) is 0 Å². The molecule has 0 radical (unpaired) electrons. The third kappa shape index (κ3) is 3.13. The van der Waals surface area contributed by atoms with E-state index in [4.69, 9.17) is 17.2 Å². The smallest absolute Gasteiger partial charge is 0.0414 e. The van der Waals surface area contributed by atoms with Crippen molar-refractivity contribution in [1.82, 2.24) is 0 Å². The zero-order chi connectivity index (χ0) is 18.1. The first kappa shape index (κ1) is 15.8. The number of nitrogens with one attached hydrogen (secondary N) is 1. The van der Waals surface area contributed by atoms with Crippen molar-refractivity contribution in [2.45, 2.75) is 0 Å². The lowest BCUT2D eigenvalue weighted by Gasteiger charge is -2.12. The Balaban J connectivity index is 1.77. The van der Waals surface area contributed by atoms with Crippen molar-refractivity contribution < 1.29 is 0 Å². The average molecular weight is 340 g/mol. The molecular formula is C22H20N4. The minimum absolute atomic E-state index is 0.715. The number of hydrogen-bond donors (Lipinski definition) is 4. The second kappa shape index (κ2) is 6.33. The van der Waals surface area contributed by atoms with Crippen LogP contribution < -0.4 is 22.5 Å². The summed E-state index contributed by atoms with van der Waals surface area (Å²) < 4.78 is 0. The van der Waals surface area contributed by atoms with Gasteiger partial charge in [0.2, 0.25) is 0 Å². The predicted octanol–water partition coefficient (Wildman–Crippen LogP) is 5.00. The molecule has 128 valence electrons. The summed E-state index contributed by atoms with van der Waals surface area (Å²) in [5.41, 5.74) is 24.3. The van der Waals surface area contributed by atoms with Crippen molar-refractivity contribution in [2.75, 3.05) is 22.5 Å². The van der Waals surface area contributed by atoms with Gasteiger partial charge in [0, 0.05) is 33.8 Å². The van der Waals surface area contributed by atoms with Gasteiger partial charge in [0.05, 0.1) is 0 Å². The lowest BCUT2D eigenvalue weighted by atomic mass is 9.99. The fourth-order valence-electron chi connectivity index (χ4n) is 3.15. The maximum atomic E-state index is 6.27. The highest BCUT2D eigenvalue weighted by molar-refractivity contribution is 5.98. The Kier molecular flexibility index (Phi) is 3.86. The third-order valence-corrected chi connectivity index (χ3v) is 4.38. The normalized spacial score (nSPS) is 10.8. The van der Waals surface area contributed by atoms with Crippen LogP contribution in [0.3, 0.4) is 0 Å². The summed E-state index contributed by atoms with van der Waals surface area (Å²) in [7, 11) is 0. The number of fused-ring (bicyclic) bond motifs is 1. The van der Waals surface area contributed by atoms with Gasteiger partial charge in [0.25, 0.3) is 0 Å². The average Bonchev–Trinajstić information content (AvgIpc) is 2.61. The Bertz CT molecular complexity index is 1100. The first-order chi connectivity index (χ1) is 12.6. The molecule has 0 aromatic heterocycles. The Morgan fingerprint density at radius 3 is 2.08 bits per heavy atom. The number of benzene rings is 4. The van der Waals surface area contributed by atoms with Crippen LogP contribution in [0.15, 0.2) is 78.9 Å². The van der Waals surface area contributed by atoms with Gasteiger partial charge >= 0.3 is 0 Å². The van der Waals surface area contributed by atoms with E-state index in [2.05, 4.69) is 29.6 Å². The first-order valence-electron chi connectivity index (χ1n) is 8.40. The molecule has 0 unspecified atom stereocenters. The summed E-state index contributed by atoms with van der Waals surface area (Å²) in [5, 5.41) is 5.46. The Hall–Kier alpha value is -3.66. The van der Waals surface area contributed by atoms with Gasteiger partial charge in [-0.2, -0.15) is 0 Å². The summed E-state index contributed by atoms with van der Waals surface area (Å²) in [5.74, 6) is 0. The quantitative estimate of drug-likeness (QED) is 0.395. The molecule has 0 aliphatic heterocycles. The number of nitrogens with two attached hydrogens (primary N) is 3. The molecule has 0 amide bonds. The fourth-order valence-corrected chi connectivity index (χ4v) is 3.15. The molecule has 4 rings (SSSR count). The molecule has 0 heterocycles. The van der Waals surface area contributed by atoms with Gasteiger partial charge in [-0.25, -0.2) is 0 Å². The molecule has 0 saturated heterocycles. The lowest BCUT2D eigenvalue weighted by Crippen LogP contribution is -1.95. The van der Waals surface area contributed by atoms with E-state index in [-0.39, 0.29) is 0 Å². The molecule has 0 aliphatic rings. The second-order valence-electron chi connectivity index (χ2n) is 6.38. The zero-order valence-corrected chi connectivity index (χ0v) is 14.2. The van der Waals surface area contributed by atoms with Crippen LogP contribution in [0.25, 0.3) is 21.9 Å². The number of anilines is 5. The summed E-state index contributed by atoms with van der Waals surface area (Å²) in [6.07, 6.45) is 0. The SMILES string of the molecule is Nc1cccc(Nc2cc(N)c3ccc(-c4cccc(N)c4)cc3c2)c1. The van der Waals surface area contributed by atoms with Gasteiger partial charge in [0.15, 0.2) is 0 Å². The molecule has 0 spiro atoms. The molecule has 0 bridgehead atoms. The van der Waals surface area contributed by atoms with E-state index in [0.29, 0.717) is 5.69 Å². The number of rotatable bonds is 3. The van der Waals surface area contributed by atoms with Gasteiger partial charge in [-0.1, -0.05) is 30.3 Å². The van der Waals surface area contributed by atoms with E-state index in [9.17, 15) is 0 Å². The van der Waals surface area contributed by atoms with E-state index in [1.165, 1.54) is 0 Å². The topological polar surface area (TPSA) is 90.1 Å². The summed E-state index contributed by atoms with van der Waals surface area (Å²) in [6, 6.07) is 25.8. The van der Waals surface area contributed by atoms with Crippen LogP contribution in [0.5, 0.6) is 0 Å². The van der Waals surface area contributed by atoms with Crippen LogP contribution in [0.4, 0.5) is 28.4 Å². The van der Waals surface area contributed by atoms with Crippen molar-refractivity contribution in [1.29, 1.82) is 0 Å².